The van der Waals surface area contributed by atoms with Crippen molar-refractivity contribution in [3.8, 4) is 0 Å². The van der Waals surface area contributed by atoms with Gasteiger partial charge in [0.15, 0.2) is 0 Å². The van der Waals surface area contributed by atoms with Crippen LogP contribution in [0.25, 0.3) is 0 Å². The minimum Gasteiger partial charge on any atom is -0.480 e. The molecule has 6 N–H and O–H groups in total. The second-order valence-corrected chi connectivity index (χ2v) is 15.7. The number of aliphatic carboxylic acids is 4. The monoisotopic (exact) mass is 962 g/mol. The SMILES string of the molecule is CCC(=O)CCC(C(=O)O)N1CCN(CC(=O)O)CCN(C(CCC(=O)NCCOCCOCCNC(=O)CCCc2ccc(I)cc2)C(=O)O)CCN(CC(=O)O)CC1. The molecule has 60 heavy (non-hydrogen) atoms. The van der Waals surface area contributed by atoms with Crippen LogP contribution in [0.3, 0.4) is 0 Å². The van der Waals surface area contributed by atoms with Gasteiger partial charge >= 0.3 is 23.9 Å². The first kappa shape index (κ1) is 52.3. The summed E-state index contributed by atoms with van der Waals surface area (Å²) in [5.74, 6) is -5.10. The van der Waals surface area contributed by atoms with Crippen molar-refractivity contribution in [3.05, 3.63) is 33.4 Å². The zero-order valence-electron chi connectivity index (χ0n) is 34.6. The average molecular weight is 963 g/mol. The highest BCUT2D eigenvalue weighted by Gasteiger charge is 2.31. The first-order valence-electron chi connectivity index (χ1n) is 20.4. The van der Waals surface area contributed by atoms with Gasteiger partial charge in [0.2, 0.25) is 11.8 Å². The molecule has 1 aliphatic heterocycles. The van der Waals surface area contributed by atoms with Gasteiger partial charge in [-0.25, -0.2) is 0 Å². The topological polar surface area (TPSA) is 256 Å². The van der Waals surface area contributed by atoms with E-state index < -0.39 is 41.9 Å². The lowest BCUT2D eigenvalue weighted by Gasteiger charge is -2.37. The van der Waals surface area contributed by atoms with Gasteiger partial charge in [-0.05, 0) is 66.0 Å². The van der Waals surface area contributed by atoms with Gasteiger partial charge in [-0.3, -0.25) is 53.2 Å². The molecule has 1 heterocycles. The zero-order chi connectivity index (χ0) is 44.3. The van der Waals surface area contributed by atoms with Crippen molar-refractivity contribution in [1.29, 1.82) is 0 Å². The Morgan fingerprint density at radius 1 is 0.633 bits per heavy atom. The Morgan fingerprint density at radius 3 is 1.48 bits per heavy atom. The molecule has 1 aromatic rings. The van der Waals surface area contributed by atoms with Crippen LogP contribution in [0.2, 0.25) is 0 Å². The van der Waals surface area contributed by atoms with E-state index in [0.29, 0.717) is 26.2 Å². The van der Waals surface area contributed by atoms with E-state index in [4.69, 9.17) is 9.47 Å². The Balaban J connectivity index is 1.84. The highest BCUT2D eigenvalue weighted by atomic mass is 127. The van der Waals surface area contributed by atoms with Crippen LogP contribution >= 0.6 is 22.6 Å². The van der Waals surface area contributed by atoms with Crippen molar-refractivity contribution in [2.75, 3.05) is 105 Å². The number of rotatable bonds is 28. The quantitative estimate of drug-likeness (QED) is 0.0500. The molecule has 1 saturated heterocycles. The van der Waals surface area contributed by atoms with Gasteiger partial charge in [0, 0.05) is 94.7 Å². The van der Waals surface area contributed by atoms with Gasteiger partial charge < -0.3 is 40.5 Å². The molecular formula is C40H63IN6O13. The van der Waals surface area contributed by atoms with Crippen molar-refractivity contribution < 1.29 is 63.5 Å². The number of ether oxygens (including phenoxy) is 2. The minimum atomic E-state index is -1.19. The molecule has 1 fully saturated rings. The number of carboxylic acid groups (broad SMARTS) is 4. The molecule has 2 rings (SSSR count). The van der Waals surface area contributed by atoms with Crippen LogP contribution in [-0.2, 0) is 49.5 Å². The highest BCUT2D eigenvalue weighted by Crippen LogP contribution is 2.14. The number of carbonyl (C=O) groups excluding carboxylic acids is 3. The van der Waals surface area contributed by atoms with Crippen molar-refractivity contribution in [1.82, 2.24) is 30.2 Å². The van der Waals surface area contributed by atoms with E-state index in [-0.39, 0.29) is 129 Å². The summed E-state index contributed by atoms with van der Waals surface area (Å²) in [6.45, 7) is 3.39. The molecule has 1 aromatic carbocycles. The highest BCUT2D eigenvalue weighted by molar-refractivity contribution is 14.1. The normalized spacial score (nSPS) is 16.2. The summed E-state index contributed by atoms with van der Waals surface area (Å²) in [5.41, 5.74) is 1.20. The van der Waals surface area contributed by atoms with E-state index in [1.54, 1.807) is 26.5 Å². The molecule has 2 amide bonds. The van der Waals surface area contributed by atoms with Crippen LogP contribution in [0.1, 0.15) is 57.4 Å². The first-order chi connectivity index (χ1) is 28.7. The number of nitrogens with one attached hydrogen (secondary N) is 2. The number of halogens is 1. The van der Waals surface area contributed by atoms with Crippen molar-refractivity contribution in [2.45, 2.75) is 70.4 Å². The smallest absolute Gasteiger partial charge is 0.320 e. The summed E-state index contributed by atoms with van der Waals surface area (Å²) < 4.78 is 12.2. The lowest BCUT2D eigenvalue weighted by atomic mass is 10.1. The van der Waals surface area contributed by atoms with Gasteiger partial charge in [0.25, 0.3) is 0 Å². The third kappa shape index (κ3) is 23.3. The van der Waals surface area contributed by atoms with Crippen LogP contribution < -0.4 is 10.6 Å². The largest absolute Gasteiger partial charge is 0.480 e. The number of aryl methyl sites for hydroxylation is 1. The number of carbonyl (C=O) groups is 7. The number of hydrogen-bond acceptors (Lipinski definition) is 13. The van der Waals surface area contributed by atoms with Gasteiger partial charge in [-0.1, -0.05) is 19.1 Å². The Hall–Kier alpha value is -3.80. The summed E-state index contributed by atoms with van der Waals surface area (Å²) in [6, 6.07) is 6.02. The fourth-order valence-electron chi connectivity index (χ4n) is 6.64. The van der Waals surface area contributed by atoms with E-state index in [2.05, 4.69) is 45.4 Å². The van der Waals surface area contributed by atoms with Gasteiger partial charge in [0.1, 0.15) is 17.9 Å². The maximum atomic E-state index is 12.7. The second kappa shape index (κ2) is 30.3. The Labute approximate surface area is 365 Å². The molecule has 0 spiro atoms. The van der Waals surface area contributed by atoms with E-state index in [9.17, 15) is 54.0 Å². The average Bonchev–Trinajstić information content (AvgIpc) is 3.18. The Bertz CT molecular complexity index is 1470. The van der Waals surface area contributed by atoms with E-state index in [0.717, 1.165) is 12.8 Å². The van der Waals surface area contributed by atoms with Gasteiger partial charge in [-0.2, -0.15) is 0 Å². The lowest BCUT2D eigenvalue weighted by molar-refractivity contribution is -0.145. The standard InChI is InChI=1S/C40H63IN6O13/c1-2-32(48)10-11-33(39(55)56)46-20-16-44(28-37(51)52)18-22-47(23-19-45(17-21-46)29-38(53)54)34(40(57)58)12-13-36(50)43-15-25-60-27-26-59-24-14-42-35(49)5-3-4-30-6-8-31(41)9-7-30/h6-9,33-34H,2-5,10-29H2,1H3,(H,42,49)(H,43,50)(H,51,52)(H,53,54)(H,55,56)(H,57,58). The van der Waals surface area contributed by atoms with E-state index in [1.165, 1.54) is 9.13 Å². The maximum absolute atomic E-state index is 12.7. The number of nitrogens with zero attached hydrogens (tertiary/aromatic N) is 4. The van der Waals surface area contributed by atoms with Crippen LogP contribution in [-0.4, -0.2) is 199 Å². The zero-order valence-corrected chi connectivity index (χ0v) is 36.7. The fraction of sp³-hybridized carbons (Fsp3) is 0.675. The molecule has 19 nitrogen and oxygen atoms in total. The molecule has 20 heteroatoms. The lowest BCUT2D eigenvalue weighted by Crippen LogP contribution is -2.53. The Kier molecular flexibility index (Phi) is 26.4. The van der Waals surface area contributed by atoms with Crippen molar-refractivity contribution in [2.24, 2.45) is 0 Å². The maximum Gasteiger partial charge on any atom is 0.320 e. The summed E-state index contributed by atoms with van der Waals surface area (Å²) in [5, 5.41) is 45.1. The number of benzene rings is 1. The number of Topliss-reactive ketones (excluding diaryl/α,β-unsaturated/α-hetero) is 1. The molecule has 0 saturated carbocycles. The number of carboxylic acids is 4. The third-order valence-electron chi connectivity index (χ3n) is 10.0. The summed E-state index contributed by atoms with van der Waals surface area (Å²) in [4.78, 5) is 91.6. The van der Waals surface area contributed by atoms with Crippen molar-refractivity contribution in [3.63, 3.8) is 0 Å². The molecular weight excluding hydrogens is 899 g/mol. The molecule has 0 aliphatic carbocycles. The first-order valence-corrected chi connectivity index (χ1v) is 21.5. The molecule has 0 bridgehead atoms. The molecule has 338 valence electrons. The van der Waals surface area contributed by atoms with Crippen molar-refractivity contribution >= 4 is 64.1 Å². The Morgan fingerprint density at radius 2 is 1.07 bits per heavy atom. The minimum absolute atomic E-state index is 0.0330. The number of ketones is 1. The molecule has 2 atom stereocenters. The second-order valence-electron chi connectivity index (χ2n) is 14.5. The van der Waals surface area contributed by atoms with Crippen LogP contribution in [0.15, 0.2) is 24.3 Å². The molecule has 1 aliphatic rings. The summed E-state index contributed by atoms with van der Waals surface area (Å²) >= 11 is 2.25. The van der Waals surface area contributed by atoms with Gasteiger partial charge in [0.05, 0.1) is 39.5 Å². The molecule has 0 aromatic heterocycles. The summed E-state index contributed by atoms with van der Waals surface area (Å²) in [7, 11) is 0. The predicted molar refractivity (Wildman–Crippen MR) is 228 cm³/mol. The number of amides is 2. The van der Waals surface area contributed by atoms with Gasteiger partial charge in [-0.15, -0.1) is 0 Å². The summed E-state index contributed by atoms with van der Waals surface area (Å²) in [6.07, 6.45) is 2.18. The molecule has 2 unspecified atom stereocenters. The van der Waals surface area contributed by atoms with E-state index in [1.807, 2.05) is 12.1 Å². The predicted octanol–water partition coefficient (Wildman–Crippen LogP) is 0.716. The fourth-order valence-corrected chi connectivity index (χ4v) is 7.00. The molecule has 0 radical (unpaired) electrons. The van der Waals surface area contributed by atoms with E-state index >= 15 is 0 Å². The van der Waals surface area contributed by atoms with Crippen LogP contribution in [0.5, 0.6) is 0 Å². The van der Waals surface area contributed by atoms with Crippen LogP contribution in [0, 0.1) is 3.57 Å². The van der Waals surface area contributed by atoms with Crippen LogP contribution in [0.4, 0.5) is 0 Å². The third-order valence-corrected chi connectivity index (χ3v) is 10.7. The number of hydrogen-bond donors (Lipinski definition) is 6.